The molecule has 2 heterocycles. The number of rotatable bonds is 1. The summed E-state index contributed by atoms with van der Waals surface area (Å²) in [6.45, 7) is 3.79. The Balaban J connectivity index is 2.88. The second kappa shape index (κ2) is 2.69. The molecule has 3 nitrogen and oxygen atoms in total. The minimum Gasteiger partial charge on any atom is -0.357 e. The standard InChI is InChI=1S/C10H10N2O/c1-6-3-4-9-10(11-6)8(5-13)7(2)12-9/h3-5,12H,1-2H3. The van der Waals surface area contributed by atoms with Crippen molar-refractivity contribution in [2.75, 3.05) is 0 Å². The van der Waals surface area contributed by atoms with Gasteiger partial charge >= 0.3 is 0 Å². The van der Waals surface area contributed by atoms with E-state index >= 15 is 0 Å². The molecule has 3 heteroatoms. The minimum absolute atomic E-state index is 0.665. The van der Waals surface area contributed by atoms with Crippen LogP contribution in [0.15, 0.2) is 12.1 Å². The zero-order valence-corrected chi connectivity index (χ0v) is 7.59. The highest BCUT2D eigenvalue weighted by atomic mass is 16.1. The molecule has 0 fully saturated rings. The van der Waals surface area contributed by atoms with Gasteiger partial charge < -0.3 is 4.98 Å². The molecule has 0 aliphatic heterocycles. The number of nitrogens with one attached hydrogen (secondary N) is 1. The molecule has 0 aliphatic rings. The molecule has 0 atom stereocenters. The maximum Gasteiger partial charge on any atom is 0.154 e. The van der Waals surface area contributed by atoms with E-state index in [4.69, 9.17) is 0 Å². The summed E-state index contributed by atoms with van der Waals surface area (Å²) in [5, 5.41) is 0. The number of nitrogens with zero attached hydrogens (tertiary/aromatic N) is 1. The number of H-pyrrole nitrogens is 1. The Morgan fingerprint density at radius 3 is 2.85 bits per heavy atom. The van der Waals surface area contributed by atoms with Crippen molar-refractivity contribution in [1.82, 2.24) is 9.97 Å². The third kappa shape index (κ3) is 1.13. The van der Waals surface area contributed by atoms with E-state index in [2.05, 4.69) is 9.97 Å². The van der Waals surface area contributed by atoms with Crippen LogP contribution in [-0.4, -0.2) is 16.3 Å². The van der Waals surface area contributed by atoms with Gasteiger partial charge in [-0.25, -0.2) is 0 Å². The van der Waals surface area contributed by atoms with E-state index in [1.807, 2.05) is 26.0 Å². The second-order valence-corrected chi connectivity index (χ2v) is 3.13. The average molecular weight is 174 g/mol. The number of carbonyl (C=O) groups is 1. The summed E-state index contributed by atoms with van der Waals surface area (Å²) in [4.78, 5) is 18.2. The Labute approximate surface area is 75.8 Å². The summed E-state index contributed by atoms with van der Waals surface area (Å²) in [5.74, 6) is 0. The van der Waals surface area contributed by atoms with E-state index in [0.717, 1.165) is 28.7 Å². The fourth-order valence-electron chi connectivity index (χ4n) is 1.45. The van der Waals surface area contributed by atoms with Crippen LogP contribution < -0.4 is 0 Å². The highest BCUT2D eigenvalue weighted by Gasteiger charge is 2.07. The van der Waals surface area contributed by atoms with Crippen LogP contribution >= 0.6 is 0 Å². The minimum atomic E-state index is 0.665. The van der Waals surface area contributed by atoms with Gasteiger partial charge in [-0.05, 0) is 26.0 Å². The summed E-state index contributed by atoms with van der Waals surface area (Å²) >= 11 is 0. The number of pyridine rings is 1. The molecule has 0 amide bonds. The number of hydrogen-bond donors (Lipinski definition) is 1. The predicted octanol–water partition coefficient (Wildman–Crippen LogP) is 1.99. The van der Waals surface area contributed by atoms with Crippen LogP contribution in [0.4, 0.5) is 0 Å². The third-order valence-corrected chi connectivity index (χ3v) is 2.13. The highest BCUT2D eigenvalue weighted by molar-refractivity contribution is 5.96. The Hall–Kier alpha value is -1.64. The van der Waals surface area contributed by atoms with Crippen molar-refractivity contribution in [1.29, 1.82) is 0 Å². The second-order valence-electron chi connectivity index (χ2n) is 3.13. The van der Waals surface area contributed by atoms with Crippen LogP contribution in [0.25, 0.3) is 11.0 Å². The lowest BCUT2D eigenvalue weighted by Gasteiger charge is -1.92. The van der Waals surface area contributed by atoms with Crippen molar-refractivity contribution in [2.24, 2.45) is 0 Å². The van der Waals surface area contributed by atoms with Crippen molar-refractivity contribution in [3.63, 3.8) is 0 Å². The zero-order valence-electron chi connectivity index (χ0n) is 7.59. The Morgan fingerprint density at radius 2 is 2.15 bits per heavy atom. The molecule has 0 radical (unpaired) electrons. The van der Waals surface area contributed by atoms with Crippen molar-refractivity contribution < 1.29 is 4.79 Å². The van der Waals surface area contributed by atoms with Crippen LogP contribution in [0.5, 0.6) is 0 Å². The summed E-state index contributed by atoms with van der Waals surface area (Å²) < 4.78 is 0. The number of fused-ring (bicyclic) bond motifs is 1. The van der Waals surface area contributed by atoms with Crippen molar-refractivity contribution in [2.45, 2.75) is 13.8 Å². The largest absolute Gasteiger partial charge is 0.357 e. The monoisotopic (exact) mass is 174 g/mol. The predicted molar refractivity (Wildman–Crippen MR) is 51.0 cm³/mol. The number of aldehydes is 1. The third-order valence-electron chi connectivity index (χ3n) is 2.13. The van der Waals surface area contributed by atoms with Crippen molar-refractivity contribution in [3.8, 4) is 0 Å². The molecule has 1 N–H and O–H groups in total. The van der Waals surface area contributed by atoms with E-state index in [1.165, 1.54) is 0 Å². The number of carbonyl (C=O) groups excluding carboxylic acids is 1. The molecular formula is C10H10N2O. The van der Waals surface area contributed by atoms with Gasteiger partial charge in [0.15, 0.2) is 6.29 Å². The van der Waals surface area contributed by atoms with E-state index < -0.39 is 0 Å². The highest BCUT2D eigenvalue weighted by Crippen LogP contribution is 2.18. The smallest absolute Gasteiger partial charge is 0.154 e. The molecule has 2 rings (SSSR count). The lowest BCUT2D eigenvalue weighted by atomic mass is 10.2. The summed E-state index contributed by atoms with van der Waals surface area (Å²) in [7, 11) is 0. The summed E-state index contributed by atoms with van der Waals surface area (Å²) in [6.07, 6.45) is 0.848. The number of hydrogen-bond acceptors (Lipinski definition) is 2. The van der Waals surface area contributed by atoms with Crippen LogP contribution in [-0.2, 0) is 0 Å². The van der Waals surface area contributed by atoms with Gasteiger partial charge in [0.25, 0.3) is 0 Å². The van der Waals surface area contributed by atoms with E-state index in [9.17, 15) is 4.79 Å². The van der Waals surface area contributed by atoms with Gasteiger partial charge in [0.1, 0.15) is 0 Å². The lowest BCUT2D eigenvalue weighted by molar-refractivity contribution is 0.112. The fraction of sp³-hybridized carbons (Fsp3) is 0.200. The fourth-order valence-corrected chi connectivity index (χ4v) is 1.45. The zero-order chi connectivity index (χ0) is 9.42. The Morgan fingerprint density at radius 1 is 1.38 bits per heavy atom. The number of aryl methyl sites for hydroxylation is 2. The molecule has 2 aromatic heterocycles. The average Bonchev–Trinajstić information content (AvgIpc) is 2.40. The number of aromatic amines is 1. The van der Waals surface area contributed by atoms with E-state index in [1.54, 1.807) is 0 Å². The number of aromatic nitrogens is 2. The van der Waals surface area contributed by atoms with Gasteiger partial charge in [0.05, 0.1) is 16.6 Å². The molecule has 2 aromatic rings. The van der Waals surface area contributed by atoms with Crippen LogP contribution in [0.2, 0.25) is 0 Å². The normalized spacial score (nSPS) is 10.6. The summed E-state index contributed by atoms with van der Waals surface area (Å²) in [5.41, 5.74) is 4.16. The van der Waals surface area contributed by atoms with E-state index in [0.29, 0.717) is 5.56 Å². The van der Waals surface area contributed by atoms with Gasteiger partial charge in [0, 0.05) is 11.4 Å². The maximum absolute atomic E-state index is 10.8. The van der Waals surface area contributed by atoms with Gasteiger partial charge in [-0.15, -0.1) is 0 Å². The molecular weight excluding hydrogens is 164 g/mol. The van der Waals surface area contributed by atoms with Crippen LogP contribution in [0.1, 0.15) is 21.7 Å². The SMILES string of the molecule is Cc1ccc2[nH]c(C)c(C=O)c2n1. The van der Waals surface area contributed by atoms with Crippen molar-refractivity contribution >= 4 is 17.3 Å². The first kappa shape index (κ1) is 7.98. The molecule has 66 valence electrons. The van der Waals surface area contributed by atoms with E-state index in [-0.39, 0.29) is 0 Å². The lowest BCUT2D eigenvalue weighted by Crippen LogP contribution is -1.84. The molecule has 0 aliphatic carbocycles. The Bertz CT molecular complexity index is 471. The van der Waals surface area contributed by atoms with Crippen molar-refractivity contribution in [3.05, 3.63) is 29.1 Å². The summed E-state index contributed by atoms with van der Waals surface area (Å²) in [6, 6.07) is 3.87. The van der Waals surface area contributed by atoms with Gasteiger partial charge in [-0.3, -0.25) is 9.78 Å². The Kier molecular flexibility index (Phi) is 1.65. The molecule has 0 unspecified atom stereocenters. The molecule has 13 heavy (non-hydrogen) atoms. The molecule has 0 bridgehead atoms. The quantitative estimate of drug-likeness (QED) is 0.672. The molecule has 0 spiro atoms. The van der Waals surface area contributed by atoms with Gasteiger partial charge in [-0.1, -0.05) is 0 Å². The maximum atomic E-state index is 10.8. The van der Waals surface area contributed by atoms with Gasteiger partial charge in [0.2, 0.25) is 0 Å². The van der Waals surface area contributed by atoms with Gasteiger partial charge in [-0.2, -0.15) is 0 Å². The first-order valence-corrected chi connectivity index (χ1v) is 4.13. The van der Waals surface area contributed by atoms with Crippen LogP contribution in [0.3, 0.4) is 0 Å². The molecule has 0 saturated heterocycles. The first-order chi connectivity index (χ1) is 6.22. The first-order valence-electron chi connectivity index (χ1n) is 4.13. The molecule has 0 aromatic carbocycles. The topological polar surface area (TPSA) is 45.8 Å². The molecule has 0 saturated carbocycles. The van der Waals surface area contributed by atoms with Crippen LogP contribution in [0, 0.1) is 13.8 Å².